The van der Waals surface area contributed by atoms with Crippen LogP contribution in [-0.2, 0) is 11.2 Å². The molecule has 3 rings (SSSR count). The van der Waals surface area contributed by atoms with E-state index < -0.39 is 0 Å². The highest BCUT2D eigenvalue weighted by Crippen LogP contribution is 2.37. The van der Waals surface area contributed by atoms with Crippen LogP contribution in [0.25, 0.3) is 0 Å². The number of hydrogen-bond donors (Lipinski definition) is 1. The Morgan fingerprint density at radius 3 is 3.20 bits per heavy atom. The maximum Gasteiger partial charge on any atom is 0.0546 e. The predicted octanol–water partition coefficient (Wildman–Crippen LogP) is 2.68. The van der Waals surface area contributed by atoms with Crippen LogP contribution in [0.4, 0.5) is 0 Å². The first-order chi connectivity index (χ1) is 9.74. The van der Waals surface area contributed by atoms with E-state index in [2.05, 4.69) is 35.6 Å². The summed E-state index contributed by atoms with van der Waals surface area (Å²) in [7, 11) is 2.06. The summed E-state index contributed by atoms with van der Waals surface area (Å²) in [6.07, 6.45) is 3.70. The molecular formula is C16H26N2OS. The maximum absolute atomic E-state index is 5.80. The standard InChI is InChI=1S/C16H26N2OS/c1-13-14-5-9-20-15(14)4-7-18(13)11-16(10-17-2)6-3-8-19-12-16/h5,9,13,17H,3-4,6-8,10-12H2,1-2H3. The van der Waals surface area contributed by atoms with E-state index in [1.807, 2.05) is 11.3 Å². The summed E-state index contributed by atoms with van der Waals surface area (Å²) >= 11 is 1.92. The lowest BCUT2D eigenvalue weighted by molar-refractivity contribution is -0.0323. The van der Waals surface area contributed by atoms with Crippen LogP contribution in [0.15, 0.2) is 11.4 Å². The van der Waals surface area contributed by atoms with Crippen molar-refractivity contribution in [2.45, 2.75) is 32.2 Å². The van der Waals surface area contributed by atoms with E-state index in [1.54, 1.807) is 10.4 Å². The van der Waals surface area contributed by atoms with Crippen LogP contribution < -0.4 is 5.32 Å². The van der Waals surface area contributed by atoms with Gasteiger partial charge in [0, 0.05) is 42.6 Å². The smallest absolute Gasteiger partial charge is 0.0546 e. The highest BCUT2D eigenvalue weighted by atomic mass is 32.1. The Bertz CT molecular complexity index is 434. The number of rotatable bonds is 4. The molecule has 1 saturated heterocycles. The van der Waals surface area contributed by atoms with Crippen LogP contribution in [0.2, 0.25) is 0 Å². The fraction of sp³-hybridized carbons (Fsp3) is 0.750. The van der Waals surface area contributed by atoms with Gasteiger partial charge in [-0.1, -0.05) is 0 Å². The molecule has 3 nitrogen and oxygen atoms in total. The van der Waals surface area contributed by atoms with Crippen LogP contribution in [0.3, 0.4) is 0 Å². The summed E-state index contributed by atoms with van der Waals surface area (Å²) in [4.78, 5) is 4.26. The van der Waals surface area contributed by atoms with Crippen LogP contribution in [0.5, 0.6) is 0 Å². The first kappa shape index (κ1) is 14.5. The molecule has 2 aliphatic rings. The van der Waals surface area contributed by atoms with Crippen molar-refractivity contribution in [2.24, 2.45) is 5.41 Å². The van der Waals surface area contributed by atoms with Crippen molar-refractivity contribution in [3.63, 3.8) is 0 Å². The van der Waals surface area contributed by atoms with Crippen molar-refractivity contribution in [2.75, 3.05) is 39.9 Å². The van der Waals surface area contributed by atoms with Gasteiger partial charge in [0.25, 0.3) is 0 Å². The van der Waals surface area contributed by atoms with E-state index in [0.717, 1.165) is 26.3 Å². The molecule has 0 saturated carbocycles. The molecule has 1 aromatic rings. The molecule has 20 heavy (non-hydrogen) atoms. The van der Waals surface area contributed by atoms with Gasteiger partial charge in [0.2, 0.25) is 0 Å². The lowest BCUT2D eigenvalue weighted by Gasteiger charge is -2.44. The van der Waals surface area contributed by atoms with Gasteiger partial charge in [-0.15, -0.1) is 11.3 Å². The van der Waals surface area contributed by atoms with Gasteiger partial charge in [0.15, 0.2) is 0 Å². The predicted molar refractivity (Wildman–Crippen MR) is 84.4 cm³/mol. The van der Waals surface area contributed by atoms with Gasteiger partial charge in [-0.05, 0) is 50.2 Å². The summed E-state index contributed by atoms with van der Waals surface area (Å²) in [6.45, 7) is 7.63. The van der Waals surface area contributed by atoms with E-state index in [0.29, 0.717) is 11.5 Å². The number of nitrogens with one attached hydrogen (secondary N) is 1. The van der Waals surface area contributed by atoms with E-state index >= 15 is 0 Å². The Morgan fingerprint density at radius 1 is 1.55 bits per heavy atom. The highest BCUT2D eigenvalue weighted by Gasteiger charge is 2.37. The van der Waals surface area contributed by atoms with Gasteiger partial charge in [0.1, 0.15) is 0 Å². The normalized spacial score (nSPS) is 31.2. The first-order valence-corrected chi connectivity index (χ1v) is 8.65. The van der Waals surface area contributed by atoms with E-state index in [1.165, 1.54) is 25.8 Å². The van der Waals surface area contributed by atoms with Crippen molar-refractivity contribution in [1.82, 2.24) is 10.2 Å². The molecule has 4 heteroatoms. The van der Waals surface area contributed by atoms with Gasteiger partial charge in [0.05, 0.1) is 6.61 Å². The van der Waals surface area contributed by atoms with Crippen molar-refractivity contribution in [3.05, 3.63) is 21.9 Å². The Hall–Kier alpha value is -0.420. The third-order valence-corrected chi connectivity index (χ3v) is 5.89. The average molecular weight is 294 g/mol. The number of thiophene rings is 1. The second kappa shape index (κ2) is 6.14. The largest absolute Gasteiger partial charge is 0.381 e. The second-order valence-corrected chi connectivity index (χ2v) is 7.38. The summed E-state index contributed by atoms with van der Waals surface area (Å²) in [5.74, 6) is 0. The van der Waals surface area contributed by atoms with Gasteiger partial charge in [-0.25, -0.2) is 0 Å². The third-order valence-electron chi connectivity index (χ3n) is 4.90. The first-order valence-electron chi connectivity index (χ1n) is 7.77. The zero-order chi connectivity index (χ0) is 14.0. The topological polar surface area (TPSA) is 24.5 Å². The molecule has 2 unspecified atom stereocenters. The number of hydrogen-bond acceptors (Lipinski definition) is 4. The fourth-order valence-electron chi connectivity index (χ4n) is 3.81. The Labute approximate surface area is 126 Å². The maximum atomic E-state index is 5.80. The van der Waals surface area contributed by atoms with Crippen LogP contribution in [-0.4, -0.2) is 44.8 Å². The number of nitrogens with zero attached hydrogens (tertiary/aromatic N) is 1. The van der Waals surface area contributed by atoms with Crippen molar-refractivity contribution in [1.29, 1.82) is 0 Å². The van der Waals surface area contributed by atoms with Gasteiger partial charge in [-0.3, -0.25) is 4.90 Å². The van der Waals surface area contributed by atoms with E-state index in [9.17, 15) is 0 Å². The zero-order valence-corrected chi connectivity index (χ0v) is 13.5. The minimum atomic E-state index is 0.300. The Balaban J connectivity index is 1.73. The minimum Gasteiger partial charge on any atom is -0.381 e. The molecule has 0 radical (unpaired) electrons. The minimum absolute atomic E-state index is 0.300. The molecule has 112 valence electrons. The van der Waals surface area contributed by atoms with Gasteiger partial charge in [-0.2, -0.15) is 0 Å². The van der Waals surface area contributed by atoms with Gasteiger partial charge < -0.3 is 10.1 Å². The highest BCUT2D eigenvalue weighted by molar-refractivity contribution is 7.10. The SMILES string of the molecule is CNCC1(CN2CCc3sccc3C2C)CCCOC1. The van der Waals surface area contributed by atoms with Crippen molar-refractivity contribution in [3.8, 4) is 0 Å². The van der Waals surface area contributed by atoms with Gasteiger partial charge >= 0.3 is 0 Å². The van der Waals surface area contributed by atoms with Crippen LogP contribution >= 0.6 is 11.3 Å². The zero-order valence-electron chi connectivity index (χ0n) is 12.7. The van der Waals surface area contributed by atoms with E-state index in [-0.39, 0.29) is 0 Å². The Morgan fingerprint density at radius 2 is 2.45 bits per heavy atom. The lowest BCUT2D eigenvalue weighted by atomic mass is 9.81. The van der Waals surface area contributed by atoms with Crippen LogP contribution in [0, 0.1) is 5.41 Å². The number of ether oxygens (including phenoxy) is 1. The summed E-state index contributed by atoms with van der Waals surface area (Å²) in [6, 6.07) is 2.87. The van der Waals surface area contributed by atoms with Crippen LogP contribution in [0.1, 0.15) is 36.2 Å². The van der Waals surface area contributed by atoms with Crippen molar-refractivity contribution < 1.29 is 4.74 Å². The molecule has 0 aromatic carbocycles. The molecule has 0 amide bonds. The Kier molecular flexibility index (Phi) is 4.46. The molecular weight excluding hydrogens is 268 g/mol. The second-order valence-electron chi connectivity index (χ2n) is 6.38. The molecule has 0 spiro atoms. The molecule has 0 aliphatic carbocycles. The molecule has 1 aromatic heterocycles. The average Bonchev–Trinajstić information content (AvgIpc) is 2.93. The lowest BCUT2D eigenvalue weighted by Crippen LogP contribution is -2.50. The summed E-state index contributed by atoms with van der Waals surface area (Å²) < 4.78 is 5.80. The molecule has 2 aliphatic heterocycles. The molecule has 3 heterocycles. The molecule has 1 fully saturated rings. The fourth-order valence-corrected chi connectivity index (χ4v) is 4.78. The molecule has 1 N–H and O–H groups in total. The quantitative estimate of drug-likeness (QED) is 0.924. The van der Waals surface area contributed by atoms with Crippen molar-refractivity contribution >= 4 is 11.3 Å². The summed E-state index contributed by atoms with van der Waals surface area (Å²) in [5, 5.41) is 5.64. The third kappa shape index (κ3) is 2.80. The summed E-state index contributed by atoms with van der Waals surface area (Å²) in [5.41, 5.74) is 1.85. The molecule has 0 bridgehead atoms. The number of fused-ring (bicyclic) bond motifs is 1. The molecule has 2 atom stereocenters. The monoisotopic (exact) mass is 294 g/mol. The van der Waals surface area contributed by atoms with E-state index in [4.69, 9.17) is 4.74 Å².